The van der Waals surface area contributed by atoms with E-state index in [0.29, 0.717) is 6.04 Å². The maximum absolute atomic E-state index is 6.25. The third-order valence-electron chi connectivity index (χ3n) is 4.27. The van der Waals surface area contributed by atoms with E-state index in [9.17, 15) is 0 Å². The molecule has 88 valence electrons. The fourth-order valence-electron chi connectivity index (χ4n) is 3.37. The van der Waals surface area contributed by atoms with Gasteiger partial charge in [-0.25, -0.2) is 0 Å². The van der Waals surface area contributed by atoms with Crippen LogP contribution in [0, 0.1) is 5.92 Å². The molecule has 2 fully saturated rings. The standard InChI is InChI=1S/C13H25NO/c1-2-5-12(14)11-6-9-15-13(10-11)7-3-4-8-13/h11-12H,2-10,14H2,1H3. The van der Waals surface area contributed by atoms with E-state index in [1.807, 2.05) is 0 Å². The second kappa shape index (κ2) is 4.84. The highest BCUT2D eigenvalue weighted by molar-refractivity contribution is 4.93. The van der Waals surface area contributed by atoms with Crippen LogP contribution in [0.5, 0.6) is 0 Å². The number of hydrogen-bond acceptors (Lipinski definition) is 2. The van der Waals surface area contributed by atoms with Crippen molar-refractivity contribution in [2.45, 2.75) is 69.9 Å². The largest absolute Gasteiger partial charge is 0.375 e. The molecule has 2 rings (SSSR count). The van der Waals surface area contributed by atoms with Crippen LogP contribution in [-0.2, 0) is 4.74 Å². The highest BCUT2D eigenvalue weighted by atomic mass is 16.5. The molecule has 1 aliphatic carbocycles. The molecule has 1 heterocycles. The lowest BCUT2D eigenvalue weighted by molar-refractivity contribution is -0.0964. The summed E-state index contributed by atoms with van der Waals surface area (Å²) >= 11 is 0. The second-order valence-corrected chi connectivity index (χ2v) is 5.44. The summed E-state index contributed by atoms with van der Waals surface area (Å²) in [7, 11) is 0. The van der Waals surface area contributed by atoms with Crippen LogP contribution in [0.3, 0.4) is 0 Å². The minimum absolute atomic E-state index is 0.244. The van der Waals surface area contributed by atoms with Gasteiger partial charge < -0.3 is 10.5 Å². The first-order valence-electron chi connectivity index (χ1n) is 6.65. The Hall–Kier alpha value is -0.0800. The fourth-order valence-corrected chi connectivity index (χ4v) is 3.37. The summed E-state index contributed by atoms with van der Waals surface area (Å²) < 4.78 is 6.03. The minimum atomic E-state index is 0.244. The molecule has 0 aromatic heterocycles. The van der Waals surface area contributed by atoms with Crippen molar-refractivity contribution in [3.05, 3.63) is 0 Å². The highest BCUT2D eigenvalue weighted by Gasteiger charge is 2.41. The van der Waals surface area contributed by atoms with E-state index in [1.54, 1.807) is 0 Å². The van der Waals surface area contributed by atoms with Crippen molar-refractivity contribution in [1.29, 1.82) is 0 Å². The SMILES string of the molecule is CCCC(N)C1CCOC2(CCCC2)C1. The molecule has 0 aromatic carbocycles. The van der Waals surface area contributed by atoms with Gasteiger partial charge in [0.25, 0.3) is 0 Å². The summed E-state index contributed by atoms with van der Waals surface area (Å²) in [6.07, 6.45) is 10.1. The molecule has 2 aliphatic rings. The quantitative estimate of drug-likeness (QED) is 0.779. The van der Waals surface area contributed by atoms with Crippen LogP contribution in [0.1, 0.15) is 58.3 Å². The summed E-state index contributed by atoms with van der Waals surface area (Å²) in [6.45, 7) is 3.17. The van der Waals surface area contributed by atoms with Gasteiger partial charge in [-0.3, -0.25) is 0 Å². The van der Waals surface area contributed by atoms with Crippen molar-refractivity contribution in [1.82, 2.24) is 0 Å². The summed E-state index contributed by atoms with van der Waals surface area (Å²) in [5.74, 6) is 0.719. The highest BCUT2D eigenvalue weighted by Crippen LogP contribution is 2.42. The van der Waals surface area contributed by atoms with E-state index in [2.05, 4.69) is 6.92 Å². The molecule has 0 amide bonds. The molecule has 2 nitrogen and oxygen atoms in total. The number of nitrogens with two attached hydrogens (primary N) is 1. The first kappa shape index (κ1) is 11.4. The topological polar surface area (TPSA) is 35.2 Å². The third-order valence-corrected chi connectivity index (χ3v) is 4.27. The van der Waals surface area contributed by atoms with Crippen LogP contribution in [0.4, 0.5) is 0 Å². The second-order valence-electron chi connectivity index (χ2n) is 5.44. The van der Waals surface area contributed by atoms with Crippen LogP contribution in [-0.4, -0.2) is 18.2 Å². The average molecular weight is 211 g/mol. The van der Waals surface area contributed by atoms with Gasteiger partial charge in [0.1, 0.15) is 0 Å². The van der Waals surface area contributed by atoms with Crippen molar-refractivity contribution in [3.63, 3.8) is 0 Å². The Balaban J connectivity index is 1.91. The van der Waals surface area contributed by atoms with Gasteiger partial charge in [0.2, 0.25) is 0 Å². The molecular formula is C13H25NO. The monoisotopic (exact) mass is 211 g/mol. The van der Waals surface area contributed by atoms with E-state index in [4.69, 9.17) is 10.5 Å². The van der Waals surface area contributed by atoms with Gasteiger partial charge in [0, 0.05) is 12.6 Å². The minimum Gasteiger partial charge on any atom is -0.375 e. The van der Waals surface area contributed by atoms with Crippen molar-refractivity contribution in [2.75, 3.05) is 6.61 Å². The first-order chi connectivity index (χ1) is 7.26. The van der Waals surface area contributed by atoms with Gasteiger partial charge in [0.15, 0.2) is 0 Å². The zero-order valence-electron chi connectivity index (χ0n) is 10.0. The Labute approximate surface area is 93.6 Å². The molecule has 1 spiro atoms. The molecule has 1 saturated heterocycles. The molecule has 0 bridgehead atoms. The Morgan fingerprint density at radius 3 is 2.80 bits per heavy atom. The molecule has 1 saturated carbocycles. The maximum atomic E-state index is 6.25. The first-order valence-corrected chi connectivity index (χ1v) is 6.65. The molecule has 0 radical (unpaired) electrons. The predicted molar refractivity (Wildman–Crippen MR) is 62.8 cm³/mol. The molecule has 0 aromatic rings. The van der Waals surface area contributed by atoms with Crippen LogP contribution in [0.15, 0.2) is 0 Å². The molecule has 2 N–H and O–H groups in total. The summed E-state index contributed by atoms with van der Waals surface area (Å²) in [5, 5.41) is 0. The number of ether oxygens (including phenoxy) is 1. The normalized spacial score (nSPS) is 32.0. The maximum Gasteiger partial charge on any atom is 0.0685 e. The van der Waals surface area contributed by atoms with E-state index >= 15 is 0 Å². The Morgan fingerprint density at radius 2 is 2.13 bits per heavy atom. The van der Waals surface area contributed by atoms with E-state index in [0.717, 1.165) is 12.5 Å². The van der Waals surface area contributed by atoms with Crippen LogP contribution < -0.4 is 5.73 Å². The lowest BCUT2D eigenvalue weighted by Gasteiger charge is -2.40. The van der Waals surface area contributed by atoms with Gasteiger partial charge in [-0.1, -0.05) is 26.2 Å². The Kier molecular flexibility index (Phi) is 3.68. The molecule has 2 unspecified atom stereocenters. The molecule has 2 heteroatoms. The zero-order valence-corrected chi connectivity index (χ0v) is 10.0. The lowest BCUT2D eigenvalue weighted by atomic mass is 9.80. The summed E-state index contributed by atoms with van der Waals surface area (Å²) in [5.41, 5.74) is 6.50. The van der Waals surface area contributed by atoms with Gasteiger partial charge >= 0.3 is 0 Å². The van der Waals surface area contributed by atoms with Gasteiger partial charge in [-0.05, 0) is 38.0 Å². The van der Waals surface area contributed by atoms with E-state index < -0.39 is 0 Å². The van der Waals surface area contributed by atoms with Crippen molar-refractivity contribution >= 4 is 0 Å². The van der Waals surface area contributed by atoms with Gasteiger partial charge in [-0.2, -0.15) is 0 Å². The number of hydrogen-bond donors (Lipinski definition) is 1. The fraction of sp³-hybridized carbons (Fsp3) is 1.00. The van der Waals surface area contributed by atoms with Gasteiger partial charge in [-0.15, -0.1) is 0 Å². The average Bonchev–Trinajstić information content (AvgIpc) is 2.67. The van der Waals surface area contributed by atoms with Gasteiger partial charge in [0.05, 0.1) is 5.60 Å². The molecule has 1 aliphatic heterocycles. The Morgan fingerprint density at radius 1 is 1.40 bits per heavy atom. The van der Waals surface area contributed by atoms with Crippen molar-refractivity contribution < 1.29 is 4.74 Å². The predicted octanol–water partition coefficient (Wildman–Crippen LogP) is 2.85. The lowest BCUT2D eigenvalue weighted by Crippen LogP contribution is -2.43. The summed E-state index contributed by atoms with van der Waals surface area (Å²) in [6, 6.07) is 0.413. The third kappa shape index (κ3) is 2.54. The molecular weight excluding hydrogens is 186 g/mol. The van der Waals surface area contributed by atoms with Crippen molar-refractivity contribution in [3.8, 4) is 0 Å². The van der Waals surface area contributed by atoms with Crippen LogP contribution in [0.2, 0.25) is 0 Å². The Bertz CT molecular complexity index is 199. The van der Waals surface area contributed by atoms with Crippen LogP contribution in [0.25, 0.3) is 0 Å². The summed E-state index contributed by atoms with van der Waals surface area (Å²) in [4.78, 5) is 0. The zero-order chi connectivity index (χ0) is 10.7. The molecule has 15 heavy (non-hydrogen) atoms. The number of rotatable bonds is 3. The van der Waals surface area contributed by atoms with Crippen LogP contribution >= 0.6 is 0 Å². The molecule has 2 atom stereocenters. The smallest absolute Gasteiger partial charge is 0.0685 e. The van der Waals surface area contributed by atoms with E-state index in [1.165, 1.54) is 51.4 Å². The van der Waals surface area contributed by atoms with Crippen molar-refractivity contribution in [2.24, 2.45) is 11.7 Å². The van der Waals surface area contributed by atoms with E-state index in [-0.39, 0.29) is 5.60 Å².